The molecular weight excluding hydrogens is 237 g/mol. The normalized spacial score (nSPS) is 14.6. The van der Waals surface area contributed by atoms with Gasteiger partial charge in [-0.05, 0) is 42.4 Å². The predicted molar refractivity (Wildman–Crippen MR) is 78.0 cm³/mol. The fourth-order valence-electron chi connectivity index (χ4n) is 2.59. The Bertz CT molecular complexity index is 683. The molecule has 2 aromatic carbocycles. The monoisotopic (exact) mass is 253 g/mol. The van der Waals surface area contributed by atoms with Gasteiger partial charge in [-0.2, -0.15) is 0 Å². The number of allylic oxidation sites excluding steroid dienone is 1. The molecule has 0 amide bonds. The minimum atomic E-state index is -0.143. The van der Waals surface area contributed by atoms with Crippen LogP contribution in [0.15, 0.2) is 53.2 Å². The molecule has 3 rings (SSSR count). The van der Waals surface area contributed by atoms with Gasteiger partial charge < -0.3 is 0 Å². The van der Waals surface area contributed by atoms with E-state index in [-0.39, 0.29) is 5.82 Å². The van der Waals surface area contributed by atoms with Crippen molar-refractivity contribution in [2.45, 2.75) is 26.2 Å². The molecule has 0 saturated heterocycles. The summed E-state index contributed by atoms with van der Waals surface area (Å²) in [5.74, 6) is -0.143. The number of fused-ring (bicyclic) bond motifs is 1. The van der Waals surface area contributed by atoms with Gasteiger partial charge in [-0.3, -0.25) is 4.99 Å². The van der Waals surface area contributed by atoms with E-state index in [1.165, 1.54) is 16.8 Å². The Morgan fingerprint density at radius 2 is 1.84 bits per heavy atom. The summed E-state index contributed by atoms with van der Waals surface area (Å²) in [7, 11) is 0. The maximum absolute atomic E-state index is 13.7. The Labute approximate surface area is 112 Å². The van der Waals surface area contributed by atoms with Crippen LogP contribution in [0.4, 0.5) is 4.39 Å². The molecule has 0 radical (unpaired) electrons. The molecule has 0 saturated carbocycles. The van der Waals surface area contributed by atoms with Gasteiger partial charge in [0, 0.05) is 23.7 Å². The van der Waals surface area contributed by atoms with E-state index < -0.39 is 0 Å². The second kappa shape index (κ2) is 4.96. The highest BCUT2D eigenvalue weighted by molar-refractivity contribution is 5.90. The first-order valence-corrected chi connectivity index (χ1v) is 6.61. The van der Waals surface area contributed by atoms with Crippen LogP contribution in [0.5, 0.6) is 0 Å². The van der Waals surface area contributed by atoms with E-state index in [0.29, 0.717) is 5.39 Å². The fourth-order valence-corrected chi connectivity index (χ4v) is 2.59. The van der Waals surface area contributed by atoms with Gasteiger partial charge in [0.05, 0.1) is 0 Å². The number of hydrogen-bond acceptors (Lipinski definition) is 1. The van der Waals surface area contributed by atoms with Crippen molar-refractivity contribution in [3.05, 3.63) is 59.6 Å². The van der Waals surface area contributed by atoms with Crippen molar-refractivity contribution in [3.8, 4) is 0 Å². The lowest BCUT2D eigenvalue weighted by Gasteiger charge is -2.07. The third-order valence-electron chi connectivity index (χ3n) is 3.59. The van der Waals surface area contributed by atoms with Crippen molar-refractivity contribution in [1.29, 1.82) is 0 Å². The molecule has 0 unspecified atom stereocenters. The standard InChI is InChI=1S/C17H16FN/c1-12-10-14(19-11-12)8-6-13-7-9-17(18)16-5-3-2-4-15(13)16/h2-5,7,9,11H,6,8,10H2,1H3. The van der Waals surface area contributed by atoms with E-state index in [4.69, 9.17) is 0 Å². The van der Waals surface area contributed by atoms with Gasteiger partial charge in [-0.25, -0.2) is 4.39 Å². The summed E-state index contributed by atoms with van der Waals surface area (Å²) >= 11 is 0. The average molecular weight is 253 g/mol. The molecule has 0 fully saturated rings. The summed E-state index contributed by atoms with van der Waals surface area (Å²) in [5, 5.41) is 1.73. The van der Waals surface area contributed by atoms with Crippen molar-refractivity contribution in [1.82, 2.24) is 0 Å². The quantitative estimate of drug-likeness (QED) is 0.754. The Balaban J connectivity index is 1.84. The molecule has 96 valence electrons. The van der Waals surface area contributed by atoms with Crippen LogP contribution >= 0.6 is 0 Å². The number of benzene rings is 2. The number of aryl methyl sites for hydroxylation is 1. The molecular formula is C17H16FN. The van der Waals surface area contributed by atoms with Crippen LogP contribution in [-0.4, -0.2) is 5.71 Å². The van der Waals surface area contributed by atoms with Crippen molar-refractivity contribution in [3.63, 3.8) is 0 Å². The van der Waals surface area contributed by atoms with E-state index in [2.05, 4.69) is 11.9 Å². The Morgan fingerprint density at radius 3 is 2.58 bits per heavy atom. The van der Waals surface area contributed by atoms with Crippen LogP contribution in [0, 0.1) is 5.82 Å². The first-order chi connectivity index (χ1) is 9.24. The third-order valence-corrected chi connectivity index (χ3v) is 3.59. The van der Waals surface area contributed by atoms with Gasteiger partial charge in [-0.15, -0.1) is 0 Å². The number of nitrogens with zero attached hydrogens (tertiary/aromatic N) is 1. The second-order valence-electron chi connectivity index (χ2n) is 5.10. The van der Waals surface area contributed by atoms with Crippen LogP contribution in [0.2, 0.25) is 0 Å². The molecule has 19 heavy (non-hydrogen) atoms. The van der Waals surface area contributed by atoms with Crippen LogP contribution < -0.4 is 0 Å². The first-order valence-electron chi connectivity index (χ1n) is 6.61. The van der Waals surface area contributed by atoms with Gasteiger partial charge >= 0.3 is 0 Å². The van der Waals surface area contributed by atoms with Crippen molar-refractivity contribution in [2.24, 2.45) is 4.99 Å². The number of aliphatic imine (C=N–C) groups is 1. The topological polar surface area (TPSA) is 12.4 Å². The Morgan fingerprint density at radius 1 is 1.05 bits per heavy atom. The van der Waals surface area contributed by atoms with Crippen molar-refractivity contribution >= 4 is 16.5 Å². The minimum Gasteiger partial charge on any atom is -0.265 e. The number of rotatable bonds is 3. The highest BCUT2D eigenvalue weighted by Gasteiger charge is 2.09. The summed E-state index contributed by atoms with van der Waals surface area (Å²) in [6.45, 7) is 2.10. The van der Waals surface area contributed by atoms with Gasteiger partial charge in [0.1, 0.15) is 5.82 Å². The van der Waals surface area contributed by atoms with E-state index in [1.54, 1.807) is 6.07 Å². The molecule has 1 nitrogen and oxygen atoms in total. The zero-order valence-corrected chi connectivity index (χ0v) is 11.0. The molecule has 1 heterocycles. The maximum atomic E-state index is 13.7. The smallest absolute Gasteiger partial charge is 0.131 e. The third kappa shape index (κ3) is 2.43. The summed E-state index contributed by atoms with van der Waals surface area (Å²) < 4.78 is 13.7. The van der Waals surface area contributed by atoms with Crippen molar-refractivity contribution < 1.29 is 4.39 Å². The summed E-state index contributed by atoms with van der Waals surface area (Å²) in [6.07, 6.45) is 4.79. The zero-order valence-electron chi connectivity index (χ0n) is 11.0. The highest BCUT2D eigenvalue weighted by Crippen LogP contribution is 2.24. The largest absolute Gasteiger partial charge is 0.265 e. The SMILES string of the molecule is CC1=CN=C(CCc2ccc(F)c3ccccc23)C1. The molecule has 0 bridgehead atoms. The minimum absolute atomic E-state index is 0.143. The van der Waals surface area contributed by atoms with Crippen LogP contribution in [0.3, 0.4) is 0 Å². The van der Waals surface area contributed by atoms with Crippen LogP contribution in [0.25, 0.3) is 10.8 Å². The predicted octanol–water partition coefficient (Wildman–Crippen LogP) is 4.66. The van der Waals surface area contributed by atoms with Crippen LogP contribution in [0.1, 0.15) is 25.3 Å². The van der Waals surface area contributed by atoms with Crippen LogP contribution in [-0.2, 0) is 6.42 Å². The van der Waals surface area contributed by atoms with Crippen molar-refractivity contribution in [2.75, 3.05) is 0 Å². The zero-order chi connectivity index (χ0) is 13.2. The second-order valence-corrected chi connectivity index (χ2v) is 5.10. The van der Waals surface area contributed by atoms with E-state index in [0.717, 1.165) is 24.6 Å². The van der Waals surface area contributed by atoms with E-state index >= 15 is 0 Å². The van der Waals surface area contributed by atoms with Gasteiger partial charge in [0.25, 0.3) is 0 Å². The number of hydrogen-bond donors (Lipinski definition) is 0. The summed E-state index contributed by atoms with van der Waals surface area (Å²) in [5.41, 5.74) is 3.74. The molecule has 0 atom stereocenters. The lowest BCUT2D eigenvalue weighted by Crippen LogP contribution is -1.99. The molecule has 0 spiro atoms. The molecule has 1 aliphatic rings. The lowest BCUT2D eigenvalue weighted by atomic mass is 9.98. The van der Waals surface area contributed by atoms with E-state index in [1.807, 2.05) is 36.5 Å². The Hall–Kier alpha value is -1.96. The molecule has 0 aromatic heterocycles. The lowest BCUT2D eigenvalue weighted by molar-refractivity contribution is 0.639. The first kappa shape index (κ1) is 12.1. The molecule has 1 aliphatic heterocycles. The fraction of sp³-hybridized carbons (Fsp3) is 0.235. The summed E-state index contributed by atoms with van der Waals surface area (Å²) in [6, 6.07) is 11.1. The maximum Gasteiger partial charge on any atom is 0.131 e. The molecule has 2 aromatic rings. The van der Waals surface area contributed by atoms with Gasteiger partial charge in [0.2, 0.25) is 0 Å². The summed E-state index contributed by atoms with van der Waals surface area (Å²) in [4.78, 5) is 4.41. The van der Waals surface area contributed by atoms with Gasteiger partial charge in [-0.1, -0.05) is 30.3 Å². The molecule has 0 aliphatic carbocycles. The van der Waals surface area contributed by atoms with E-state index in [9.17, 15) is 4.39 Å². The number of halogens is 1. The van der Waals surface area contributed by atoms with Gasteiger partial charge in [0.15, 0.2) is 0 Å². The highest BCUT2D eigenvalue weighted by atomic mass is 19.1. The Kier molecular flexibility index (Phi) is 3.16. The average Bonchev–Trinajstić information content (AvgIpc) is 2.84. The molecule has 2 heteroatoms. The molecule has 0 N–H and O–H groups in total.